The van der Waals surface area contributed by atoms with Crippen LogP contribution in [0.4, 0.5) is 34.1 Å². The van der Waals surface area contributed by atoms with Crippen molar-refractivity contribution >= 4 is 77.5 Å². The first kappa shape index (κ1) is 45.4. The van der Waals surface area contributed by atoms with Gasteiger partial charge in [-0.3, -0.25) is 0 Å². The van der Waals surface area contributed by atoms with E-state index < -0.39 is 0 Å². The standard InChI is InChI=1S/C74H51N3/c1-5-20-52(21-6-1)55-36-42-61(43-37-55)75(62-44-38-56(39-45-62)53-22-7-2-8-23-53)64-48-59(70-50-58-26-13-14-29-66(58)67-30-15-16-31-68(67)70)49-65(51-64)76(63-46-40-57(41-47-63)54-24-9-3-10-25-54)72-34-19-35-73-74(72)69-32-17-18-33-71(69)77(73)60-27-11-4-12-28-60/h1-51H. The van der Waals surface area contributed by atoms with Crippen LogP contribution >= 0.6 is 0 Å². The van der Waals surface area contributed by atoms with Gasteiger partial charge in [0.25, 0.3) is 0 Å². The highest BCUT2D eigenvalue weighted by molar-refractivity contribution is 6.17. The van der Waals surface area contributed by atoms with Gasteiger partial charge in [0.1, 0.15) is 0 Å². The molecule has 0 saturated heterocycles. The quantitative estimate of drug-likeness (QED) is 0.120. The van der Waals surface area contributed by atoms with Gasteiger partial charge in [-0.1, -0.05) is 218 Å². The Morgan fingerprint density at radius 1 is 0.234 bits per heavy atom. The van der Waals surface area contributed by atoms with Gasteiger partial charge in [0.2, 0.25) is 0 Å². The van der Waals surface area contributed by atoms with Gasteiger partial charge < -0.3 is 14.4 Å². The Hall–Kier alpha value is -10.2. The molecule has 1 heterocycles. The molecule has 362 valence electrons. The van der Waals surface area contributed by atoms with Gasteiger partial charge in [-0.25, -0.2) is 0 Å². The number of hydrogen-bond donors (Lipinski definition) is 0. The summed E-state index contributed by atoms with van der Waals surface area (Å²) in [4.78, 5) is 4.92. The molecule has 14 aromatic rings. The zero-order valence-electron chi connectivity index (χ0n) is 42.3. The molecule has 0 bridgehead atoms. The predicted octanol–water partition coefficient (Wildman–Crippen LogP) is 20.7. The minimum Gasteiger partial charge on any atom is -0.310 e. The van der Waals surface area contributed by atoms with Crippen LogP contribution in [0.3, 0.4) is 0 Å². The van der Waals surface area contributed by atoms with Gasteiger partial charge in [0, 0.05) is 44.9 Å². The summed E-state index contributed by atoms with van der Waals surface area (Å²) >= 11 is 0. The van der Waals surface area contributed by atoms with Gasteiger partial charge in [0.05, 0.1) is 16.7 Å². The average molecular weight is 982 g/mol. The van der Waals surface area contributed by atoms with Crippen LogP contribution in [-0.2, 0) is 0 Å². The minimum absolute atomic E-state index is 1.03. The van der Waals surface area contributed by atoms with Crippen molar-refractivity contribution in [2.45, 2.75) is 0 Å². The second kappa shape index (κ2) is 19.6. The van der Waals surface area contributed by atoms with E-state index in [2.05, 4.69) is 324 Å². The molecule has 0 atom stereocenters. The molecule has 77 heavy (non-hydrogen) atoms. The van der Waals surface area contributed by atoms with E-state index in [0.717, 1.165) is 62.0 Å². The fraction of sp³-hybridized carbons (Fsp3) is 0. The summed E-state index contributed by atoms with van der Waals surface area (Å²) in [5, 5.41) is 7.22. The van der Waals surface area contributed by atoms with Crippen molar-refractivity contribution in [1.29, 1.82) is 0 Å². The van der Waals surface area contributed by atoms with Gasteiger partial charge in [-0.05, 0) is 157 Å². The van der Waals surface area contributed by atoms with Crippen LogP contribution in [0.5, 0.6) is 0 Å². The lowest BCUT2D eigenvalue weighted by atomic mass is 9.92. The summed E-state index contributed by atoms with van der Waals surface area (Å²) in [6.45, 7) is 0. The number of para-hydroxylation sites is 2. The molecule has 0 unspecified atom stereocenters. The highest BCUT2D eigenvalue weighted by Crippen LogP contribution is 2.49. The van der Waals surface area contributed by atoms with Crippen molar-refractivity contribution in [2.75, 3.05) is 9.80 Å². The molecule has 0 saturated carbocycles. The molecule has 0 spiro atoms. The average Bonchev–Trinajstić information content (AvgIpc) is 3.91. The van der Waals surface area contributed by atoms with Crippen LogP contribution in [0.2, 0.25) is 0 Å². The predicted molar refractivity (Wildman–Crippen MR) is 327 cm³/mol. The summed E-state index contributed by atoms with van der Waals surface area (Å²) in [5.74, 6) is 0. The second-order valence-corrected chi connectivity index (χ2v) is 19.7. The first-order chi connectivity index (χ1) is 38.2. The molecule has 14 rings (SSSR count). The Balaban J connectivity index is 1.06. The van der Waals surface area contributed by atoms with E-state index in [4.69, 9.17) is 0 Å². The third-order valence-corrected chi connectivity index (χ3v) is 15.1. The molecule has 13 aromatic carbocycles. The SMILES string of the molecule is c1ccc(-c2ccc(N(c3ccc(-c4ccccc4)cc3)c3cc(-c4cc5ccccc5c5ccccc45)cc(N(c4ccc(-c5ccccc5)cc4)c4cccc5c4c4ccccc4n5-c4ccccc4)c3)cc2)cc1. The van der Waals surface area contributed by atoms with Crippen LogP contribution in [0.1, 0.15) is 0 Å². The fourth-order valence-corrected chi connectivity index (χ4v) is 11.5. The monoisotopic (exact) mass is 981 g/mol. The van der Waals surface area contributed by atoms with Gasteiger partial charge in [0.15, 0.2) is 0 Å². The maximum Gasteiger partial charge on any atom is 0.0562 e. The number of fused-ring (bicyclic) bond motifs is 6. The molecule has 0 fully saturated rings. The van der Waals surface area contributed by atoms with Crippen LogP contribution in [0.25, 0.3) is 93.5 Å². The van der Waals surface area contributed by atoms with Crippen LogP contribution < -0.4 is 9.80 Å². The van der Waals surface area contributed by atoms with Crippen molar-refractivity contribution in [2.24, 2.45) is 0 Å². The van der Waals surface area contributed by atoms with E-state index in [0.29, 0.717) is 0 Å². The van der Waals surface area contributed by atoms with Gasteiger partial charge in [-0.15, -0.1) is 0 Å². The van der Waals surface area contributed by atoms with Crippen molar-refractivity contribution < 1.29 is 0 Å². The van der Waals surface area contributed by atoms with Gasteiger partial charge in [-0.2, -0.15) is 0 Å². The van der Waals surface area contributed by atoms with E-state index in [1.165, 1.54) is 65.7 Å². The van der Waals surface area contributed by atoms with E-state index in [1.54, 1.807) is 0 Å². The van der Waals surface area contributed by atoms with Crippen LogP contribution in [0.15, 0.2) is 309 Å². The largest absolute Gasteiger partial charge is 0.310 e. The summed E-state index contributed by atoms with van der Waals surface area (Å²) < 4.78 is 2.41. The fourth-order valence-electron chi connectivity index (χ4n) is 11.5. The van der Waals surface area contributed by atoms with Crippen molar-refractivity contribution in [3.05, 3.63) is 309 Å². The third-order valence-electron chi connectivity index (χ3n) is 15.1. The zero-order chi connectivity index (χ0) is 51.1. The Kier molecular flexibility index (Phi) is 11.5. The molecule has 3 nitrogen and oxygen atoms in total. The zero-order valence-corrected chi connectivity index (χ0v) is 42.3. The maximum absolute atomic E-state index is 2.49. The number of rotatable bonds is 11. The Labute approximate surface area is 449 Å². The molecule has 3 heteroatoms. The van der Waals surface area contributed by atoms with Crippen molar-refractivity contribution in [3.8, 4) is 50.2 Å². The topological polar surface area (TPSA) is 11.4 Å². The number of hydrogen-bond acceptors (Lipinski definition) is 2. The number of benzene rings is 13. The maximum atomic E-state index is 2.49. The third kappa shape index (κ3) is 8.37. The molecule has 0 aliphatic rings. The van der Waals surface area contributed by atoms with Crippen molar-refractivity contribution in [3.63, 3.8) is 0 Å². The lowest BCUT2D eigenvalue weighted by Crippen LogP contribution is -2.14. The van der Waals surface area contributed by atoms with Crippen molar-refractivity contribution in [1.82, 2.24) is 4.57 Å². The minimum atomic E-state index is 1.03. The normalized spacial score (nSPS) is 11.4. The van der Waals surface area contributed by atoms with E-state index in [1.807, 2.05) is 0 Å². The molecule has 0 aliphatic heterocycles. The summed E-state index contributed by atoms with van der Waals surface area (Å²) in [6, 6.07) is 113. The molecule has 0 amide bonds. The second-order valence-electron chi connectivity index (χ2n) is 19.7. The number of anilines is 6. The lowest BCUT2D eigenvalue weighted by Gasteiger charge is -2.31. The Morgan fingerprint density at radius 3 is 1.21 bits per heavy atom. The van der Waals surface area contributed by atoms with E-state index in [9.17, 15) is 0 Å². The van der Waals surface area contributed by atoms with Gasteiger partial charge >= 0.3 is 0 Å². The lowest BCUT2D eigenvalue weighted by molar-refractivity contribution is 1.18. The summed E-state index contributed by atoms with van der Waals surface area (Å²) in [6.07, 6.45) is 0. The van der Waals surface area contributed by atoms with E-state index in [-0.39, 0.29) is 0 Å². The number of aromatic nitrogens is 1. The molecular formula is C74H51N3. The number of nitrogens with zero attached hydrogens (tertiary/aromatic N) is 3. The molecule has 1 aromatic heterocycles. The Morgan fingerprint density at radius 2 is 0.649 bits per heavy atom. The van der Waals surface area contributed by atoms with Crippen LogP contribution in [-0.4, -0.2) is 4.57 Å². The first-order valence-corrected chi connectivity index (χ1v) is 26.4. The first-order valence-electron chi connectivity index (χ1n) is 26.4. The summed E-state index contributed by atoms with van der Waals surface area (Å²) in [7, 11) is 0. The highest BCUT2D eigenvalue weighted by Gasteiger charge is 2.25. The van der Waals surface area contributed by atoms with Crippen LogP contribution in [0, 0.1) is 0 Å². The molecular weight excluding hydrogens is 931 g/mol. The molecule has 0 N–H and O–H groups in total. The highest BCUT2D eigenvalue weighted by atomic mass is 15.2. The molecule has 0 aliphatic carbocycles. The summed E-state index contributed by atoms with van der Waals surface area (Å²) in [5.41, 5.74) is 19.0. The van der Waals surface area contributed by atoms with E-state index >= 15 is 0 Å². The Bertz CT molecular complexity index is 4310. The smallest absolute Gasteiger partial charge is 0.0562 e. The molecule has 0 radical (unpaired) electrons.